The average molecular weight is 230 g/mol. The summed E-state index contributed by atoms with van der Waals surface area (Å²) < 4.78 is 5.23. The second-order valence-electron chi connectivity index (χ2n) is 2.94. The quantitative estimate of drug-likeness (QED) is 0.826. The first-order valence-electron chi connectivity index (χ1n) is 4.47. The van der Waals surface area contributed by atoms with Crippen molar-refractivity contribution >= 4 is 17.6 Å². The molecule has 0 amide bonds. The van der Waals surface area contributed by atoms with Crippen LogP contribution in [0.3, 0.4) is 0 Å². The highest BCUT2D eigenvalue weighted by Crippen LogP contribution is 2.27. The van der Waals surface area contributed by atoms with Crippen molar-refractivity contribution in [1.82, 2.24) is 0 Å². The molecule has 0 saturated heterocycles. The van der Waals surface area contributed by atoms with E-state index >= 15 is 0 Å². The van der Waals surface area contributed by atoms with Crippen molar-refractivity contribution in [3.05, 3.63) is 28.8 Å². The van der Waals surface area contributed by atoms with Gasteiger partial charge >= 0.3 is 5.97 Å². The van der Waals surface area contributed by atoms with E-state index in [9.17, 15) is 4.79 Å². The molecule has 1 rings (SSSR count). The fraction of sp³-hybridized carbons (Fsp3) is 0.300. The smallest absolute Gasteiger partial charge is 0.325 e. The summed E-state index contributed by atoms with van der Waals surface area (Å²) in [5.41, 5.74) is 5.92. The number of ether oxygens (including phenoxy) is 1. The molecule has 5 heteroatoms. The molecule has 1 atom stereocenters. The molecule has 1 aromatic carbocycles. The SMILES string of the molecule is CCOc1cc(C(N)C(=O)O)ccc1Cl. The van der Waals surface area contributed by atoms with E-state index in [1.807, 2.05) is 6.92 Å². The van der Waals surface area contributed by atoms with Gasteiger partial charge in [0.15, 0.2) is 0 Å². The predicted octanol–water partition coefficient (Wildman–Crippen LogP) is 1.82. The lowest BCUT2D eigenvalue weighted by atomic mass is 10.1. The molecule has 82 valence electrons. The van der Waals surface area contributed by atoms with E-state index in [0.29, 0.717) is 22.9 Å². The lowest BCUT2D eigenvalue weighted by Crippen LogP contribution is -2.20. The molecule has 1 aromatic rings. The van der Waals surface area contributed by atoms with Gasteiger partial charge in [-0.05, 0) is 24.6 Å². The molecule has 0 aliphatic rings. The van der Waals surface area contributed by atoms with Gasteiger partial charge in [-0.15, -0.1) is 0 Å². The van der Waals surface area contributed by atoms with Gasteiger partial charge in [0.1, 0.15) is 11.8 Å². The minimum absolute atomic E-state index is 0.443. The van der Waals surface area contributed by atoms with Crippen molar-refractivity contribution in [2.75, 3.05) is 6.61 Å². The fourth-order valence-electron chi connectivity index (χ4n) is 1.12. The minimum Gasteiger partial charge on any atom is -0.492 e. The Morgan fingerprint density at radius 3 is 2.87 bits per heavy atom. The fourth-order valence-corrected chi connectivity index (χ4v) is 1.29. The van der Waals surface area contributed by atoms with Gasteiger partial charge in [0.05, 0.1) is 11.6 Å². The zero-order valence-electron chi connectivity index (χ0n) is 8.24. The number of hydrogen-bond donors (Lipinski definition) is 2. The van der Waals surface area contributed by atoms with Crippen LogP contribution in [0.5, 0.6) is 5.75 Å². The first-order chi connectivity index (χ1) is 7.06. The van der Waals surface area contributed by atoms with Crippen LogP contribution in [-0.4, -0.2) is 17.7 Å². The van der Waals surface area contributed by atoms with Crippen LogP contribution >= 0.6 is 11.6 Å². The molecule has 0 aliphatic heterocycles. The van der Waals surface area contributed by atoms with Crippen molar-refractivity contribution < 1.29 is 14.6 Å². The van der Waals surface area contributed by atoms with Gasteiger partial charge in [-0.1, -0.05) is 17.7 Å². The molecule has 0 bridgehead atoms. The molecule has 0 heterocycles. The zero-order chi connectivity index (χ0) is 11.4. The van der Waals surface area contributed by atoms with E-state index in [2.05, 4.69) is 0 Å². The third kappa shape index (κ3) is 2.84. The van der Waals surface area contributed by atoms with Crippen LogP contribution in [-0.2, 0) is 4.79 Å². The van der Waals surface area contributed by atoms with E-state index in [1.54, 1.807) is 18.2 Å². The molecule has 1 unspecified atom stereocenters. The molecule has 0 saturated carbocycles. The number of carboxylic acid groups (broad SMARTS) is 1. The molecular formula is C10H12ClNO3. The lowest BCUT2D eigenvalue weighted by molar-refractivity contribution is -0.138. The Hall–Kier alpha value is -1.26. The Kier molecular flexibility index (Phi) is 3.94. The van der Waals surface area contributed by atoms with Crippen molar-refractivity contribution in [3.8, 4) is 5.75 Å². The van der Waals surface area contributed by atoms with Crippen molar-refractivity contribution in [1.29, 1.82) is 0 Å². The van der Waals surface area contributed by atoms with Crippen LogP contribution in [0.15, 0.2) is 18.2 Å². The van der Waals surface area contributed by atoms with Gasteiger partial charge in [-0.3, -0.25) is 4.79 Å². The predicted molar refractivity (Wildman–Crippen MR) is 57.2 cm³/mol. The summed E-state index contributed by atoms with van der Waals surface area (Å²) in [6.07, 6.45) is 0. The number of aliphatic carboxylic acids is 1. The summed E-state index contributed by atoms with van der Waals surface area (Å²) in [5.74, 6) is -0.631. The molecule has 4 nitrogen and oxygen atoms in total. The van der Waals surface area contributed by atoms with Crippen molar-refractivity contribution in [2.45, 2.75) is 13.0 Å². The van der Waals surface area contributed by atoms with E-state index in [-0.39, 0.29) is 0 Å². The van der Waals surface area contributed by atoms with Crippen LogP contribution in [0.2, 0.25) is 5.02 Å². The largest absolute Gasteiger partial charge is 0.492 e. The van der Waals surface area contributed by atoms with Crippen LogP contribution < -0.4 is 10.5 Å². The van der Waals surface area contributed by atoms with E-state index < -0.39 is 12.0 Å². The van der Waals surface area contributed by atoms with Crippen LogP contribution in [0.25, 0.3) is 0 Å². The maximum Gasteiger partial charge on any atom is 0.325 e. The summed E-state index contributed by atoms with van der Waals surface area (Å²) in [6, 6.07) is 3.64. The van der Waals surface area contributed by atoms with Crippen LogP contribution in [0, 0.1) is 0 Å². The first-order valence-corrected chi connectivity index (χ1v) is 4.84. The molecule has 0 spiro atoms. The Balaban J connectivity index is 3.01. The van der Waals surface area contributed by atoms with Gasteiger partial charge in [-0.2, -0.15) is 0 Å². The summed E-state index contributed by atoms with van der Waals surface area (Å²) >= 11 is 5.85. The Morgan fingerprint density at radius 2 is 2.33 bits per heavy atom. The summed E-state index contributed by atoms with van der Waals surface area (Å²) in [7, 11) is 0. The molecule has 0 radical (unpaired) electrons. The number of carbonyl (C=O) groups is 1. The number of rotatable bonds is 4. The summed E-state index contributed by atoms with van der Waals surface area (Å²) in [6.45, 7) is 2.28. The van der Waals surface area contributed by atoms with Crippen molar-refractivity contribution in [3.63, 3.8) is 0 Å². The third-order valence-electron chi connectivity index (χ3n) is 1.88. The molecule has 3 N–H and O–H groups in total. The maximum absolute atomic E-state index is 10.7. The number of halogens is 1. The van der Waals surface area contributed by atoms with Gasteiger partial charge in [0.2, 0.25) is 0 Å². The highest BCUT2D eigenvalue weighted by atomic mass is 35.5. The van der Waals surface area contributed by atoms with Gasteiger partial charge < -0.3 is 15.6 Å². The van der Waals surface area contributed by atoms with Gasteiger partial charge in [-0.25, -0.2) is 0 Å². The Morgan fingerprint density at radius 1 is 1.67 bits per heavy atom. The maximum atomic E-state index is 10.7. The second-order valence-corrected chi connectivity index (χ2v) is 3.35. The molecule has 0 aliphatic carbocycles. The standard InChI is InChI=1S/C10H12ClNO3/c1-2-15-8-5-6(3-4-7(8)11)9(12)10(13)14/h3-5,9H,2,12H2,1H3,(H,13,14). The lowest BCUT2D eigenvalue weighted by Gasteiger charge is -2.10. The van der Waals surface area contributed by atoms with Crippen LogP contribution in [0.1, 0.15) is 18.5 Å². The van der Waals surface area contributed by atoms with Crippen LogP contribution in [0.4, 0.5) is 0 Å². The topological polar surface area (TPSA) is 72.5 Å². The summed E-state index contributed by atoms with van der Waals surface area (Å²) in [5, 5.41) is 9.17. The highest BCUT2D eigenvalue weighted by Gasteiger charge is 2.15. The normalized spacial score (nSPS) is 12.2. The number of carboxylic acids is 1. The number of benzene rings is 1. The van der Waals surface area contributed by atoms with Gasteiger partial charge in [0, 0.05) is 0 Å². The average Bonchev–Trinajstić information content (AvgIpc) is 2.20. The minimum atomic E-state index is -1.08. The Labute approximate surface area is 92.6 Å². The first kappa shape index (κ1) is 11.8. The zero-order valence-corrected chi connectivity index (χ0v) is 8.99. The molecule has 0 aromatic heterocycles. The van der Waals surface area contributed by atoms with E-state index in [4.69, 9.17) is 27.2 Å². The Bertz CT molecular complexity index is 368. The highest BCUT2D eigenvalue weighted by molar-refractivity contribution is 6.32. The third-order valence-corrected chi connectivity index (χ3v) is 2.19. The number of nitrogens with two attached hydrogens (primary N) is 1. The van der Waals surface area contributed by atoms with E-state index in [1.165, 1.54) is 0 Å². The second kappa shape index (κ2) is 5.00. The molecule has 15 heavy (non-hydrogen) atoms. The summed E-state index contributed by atoms with van der Waals surface area (Å²) in [4.78, 5) is 10.7. The van der Waals surface area contributed by atoms with Crippen molar-refractivity contribution in [2.24, 2.45) is 5.73 Å². The molecule has 0 fully saturated rings. The number of hydrogen-bond acceptors (Lipinski definition) is 3. The monoisotopic (exact) mass is 229 g/mol. The van der Waals surface area contributed by atoms with Gasteiger partial charge in [0.25, 0.3) is 0 Å². The van der Waals surface area contributed by atoms with E-state index in [0.717, 1.165) is 0 Å². The molecular weight excluding hydrogens is 218 g/mol.